The van der Waals surface area contributed by atoms with Gasteiger partial charge in [-0.3, -0.25) is 4.79 Å². The van der Waals surface area contributed by atoms with Gasteiger partial charge in [-0.05, 0) is 60.7 Å². The molecule has 0 spiro atoms. The third kappa shape index (κ3) is 6.22. The zero-order chi connectivity index (χ0) is 25.7. The van der Waals surface area contributed by atoms with E-state index in [9.17, 15) is 18.0 Å². The fourth-order valence-corrected chi connectivity index (χ4v) is 4.35. The predicted octanol–water partition coefficient (Wildman–Crippen LogP) is 7.23. The molecule has 0 unspecified atom stereocenters. The van der Waals surface area contributed by atoms with Crippen LogP contribution < -0.4 is 14.8 Å². The third-order valence-electron chi connectivity index (χ3n) is 4.99. The quantitative estimate of drug-likeness (QED) is 0.326. The van der Waals surface area contributed by atoms with Crippen molar-refractivity contribution in [2.24, 2.45) is 4.99 Å². The molecule has 1 fully saturated rings. The first kappa shape index (κ1) is 25.7. The lowest BCUT2D eigenvalue weighted by Crippen LogP contribution is -2.19. The zero-order valence-electron chi connectivity index (χ0n) is 18.9. The summed E-state index contributed by atoms with van der Waals surface area (Å²) in [5.74, 6) is 0.531. The number of alkyl halides is 3. The summed E-state index contributed by atoms with van der Waals surface area (Å²) < 4.78 is 51.4. The molecular formula is C26H20ClF3N2O3S. The average Bonchev–Trinajstić information content (AvgIpc) is 3.17. The fourth-order valence-electron chi connectivity index (χ4n) is 3.33. The first-order chi connectivity index (χ1) is 17.2. The number of amides is 1. The summed E-state index contributed by atoms with van der Waals surface area (Å²) in [6, 6.07) is 17.5. The summed E-state index contributed by atoms with van der Waals surface area (Å²) in [5.41, 5.74) is 0.329. The maximum absolute atomic E-state index is 13.3. The van der Waals surface area contributed by atoms with E-state index in [2.05, 4.69) is 10.3 Å². The number of nitrogens with one attached hydrogen (secondary N) is 1. The second-order valence-electron chi connectivity index (χ2n) is 7.52. The Balaban J connectivity index is 1.54. The van der Waals surface area contributed by atoms with Gasteiger partial charge in [0.05, 0.1) is 22.8 Å². The molecule has 0 radical (unpaired) electrons. The molecule has 0 bridgehead atoms. The second kappa shape index (κ2) is 11.1. The number of aliphatic imine (C=N–C) groups is 1. The number of amidine groups is 1. The van der Waals surface area contributed by atoms with Gasteiger partial charge in [-0.1, -0.05) is 48.0 Å². The molecular weight excluding hydrogens is 513 g/mol. The second-order valence-corrected chi connectivity index (χ2v) is 8.95. The van der Waals surface area contributed by atoms with Gasteiger partial charge in [0.15, 0.2) is 16.7 Å². The Kier molecular flexibility index (Phi) is 7.91. The number of thioether (sulfide) groups is 1. The van der Waals surface area contributed by atoms with Crippen LogP contribution in [-0.2, 0) is 17.6 Å². The summed E-state index contributed by atoms with van der Waals surface area (Å²) in [6.45, 7) is 2.48. The topological polar surface area (TPSA) is 59.9 Å². The van der Waals surface area contributed by atoms with Crippen LogP contribution in [0.3, 0.4) is 0 Å². The number of benzene rings is 3. The molecule has 1 amide bonds. The van der Waals surface area contributed by atoms with Gasteiger partial charge in [-0.25, -0.2) is 4.99 Å². The van der Waals surface area contributed by atoms with Gasteiger partial charge in [0, 0.05) is 10.6 Å². The van der Waals surface area contributed by atoms with Crippen molar-refractivity contribution < 1.29 is 27.4 Å². The summed E-state index contributed by atoms with van der Waals surface area (Å²) >= 11 is 7.15. The molecule has 1 N–H and O–H groups in total. The zero-order valence-corrected chi connectivity index (χ0v) is 20.5. The van der Waals surface area contributed by atoms with Crippen molar-refractivity contribution >= 4 is 46.2 Å². The largest absolute Gasteiger partial charge is 0.490 e. The number of halogens is 4. The van der Waals surface area contributed by atoms with Crippen molar-refractivity contribution in [3.63, 3.8) is 0 Å². The highest BCUT2D eigenvalue weighted by Crippen LogP contribution is 2.38. The molecule has 1 saturated heterocycles. The van der Waals surface area contributed by atoms with E-state index in [0.29, 0.717) is 28.7 Å². The van der Waals surface area contributed by atoms with Crippen LogP contribution in [0.15, 0.2) is 76.6 Å². The summed E-state index contributed by atoms with van der Waals surface area (Å²) in [6.07, 6.45) is -2.95. The van der Waals surface area contributed by atoms with Crippen LogP contribution in [0.1, 0.15) is 23.6 Å². The van der Waals surface area contributed by atoms with Crippen LogP contribution in [0.25, 0.3) is 6.08 Å². The maximum atomic E-state index is 13.3. The number of hydrogen-bond donors (Lipinski definition) is 1. The molecule has 0 atom stereocenters. The van der Waals surface area contributed by atoms with Crippen molar-refractivity contribution in [1.82, 2.24) is 5.32 Å². The Morgan fingerprint density at radius 2 is 1.78 bits per heavy atom. The SMILES string of the molecule is CCOc1cc(C=C2SC(=Nc3ccccc3C(F)(F)F)NC2=O)ccc1OCc1ccccc1Cl. The first-order valence-corrected chi connectivity index (χ1v) is 12.0. The minimum Gasteiger partial charge on any atom is -0.490 e. The summed E-state index contributed by atoms with van der Waals surface area (Å²) in [4.78, 5) is 16.8. The Morgan fingerprint density at radius 3 is 2.53 bits per heavy atom. The first-order valence-electron chi connectivity index (χ1n) is 10.8. The van der Waals surface area contributed by atoms with Crippen LogP contribution in [0.5, 0.6) is 11.5 Å². The lowest BCUT2D eigenvalue weighted by molar-refractivity contribution is -0.137. The van der Waals surface area contributed by atoms with Gasteiger partial charge in [0.1, 0.15) is 6.61 Å². The summed E-state index contributed by atoms with van der Waals surface area (Å²) in [7, 11) is 0. The number of ether oxygens (including phenoxy) is 2. The molecule has 1 aliphatic heterocycles. The Hall–Kier alpha value is -3.43. The minimum absolute atomic E-state index is 0.0627. The lowest BCUT2D eigenvalue weighted by atomic mass is 10.2. The molecule has 10 heteroatoms. The lowest BCUT2D eigenvalue weighted by Gasteiger charge is -2.13. The van der Waals surface area contributed by atoms with E-state index in [1.165, 1.54) is 18.2 Å². The smallest absolute Gasteiger partial charge is 0.418 e. The van der Waals surface area contributed by atoms with Crippen molar-refractivity contribution in [2.45, 2.75) is 19.7 Å². The van der Waals surface area contributed by atoms with E-state index in [-0.39, 0.29) is 22.4 Å². The number of para-hydroxylation sites is 1. The van der Waals surface area contributed by atoms with Gasteiger partial charge in [0.2, 0.25) is 0 Å². The van der Waals surface area contributed by atoms with Gasteiger partial charge >= 0.3 is 6.18 Å². The Labute approximate surface area is 215 Å². The minimum atomic E-state index is -4.56. The monoisotopic (exact) mass is 532 g/mol. The molecule has 0 aromatic heterocycles. The Bertz CT molecular complexity index is 1340. The maximum Gasteiger partial charge on any atom is 0.418 e. The van der Waals surface area contributed by atoms with Crippen LogP contribution in [-0.4, -0.2) is 17.7 Å². The highest BCUT2D eigenvalue weighted by Gasteiger charge is 2.34. The van der Waals surface area contributed by atoms with E-state index >= 15 is 0 Å². The Morgan fingerprint density at radius 1 is 1.03 bits per heavy atom. The van der Waals surface area contributed by atoms with Gasteiger partial charge in [0.25, 0.3) is 5.91 Å². The van der Waals surface area contributed by atoms with Crippen molar-refractivity contribution in [2.75, 3.05) is 6.61 Å². The van der Waals surface area contributed by atoms with Gasteiger partial charge < -0.3 is 14.8 Å². The summed E-state index contributed by atoms with van der Waals surface area (Å²) in [5, 5.41) is 3.17. The standard InChI is InChI=1S/C26H20ClF3N2O3S/c1-2-34-22-13-16(11-12-21(22)35-15-17-7-3-5-9-19(17)27)14-23-24(33)32-25(36-23)31-20-10-6-4-8-18(20)26(28,29)30/h3-14H,2,15H2,1H3,(H,31,32,33). The van der Waals surface area contributed by atoms with Crippen LogP contribution in [0, 0.1) is 0 Å². The number of rotatable bonds is 7. The van der Waals surface area contributed by atoms with Gasteiger partial charge in [-0.15, -0.1) is 0 Å². The molecule has 3 aromatic carbocycles. The average molecular weight is 533 g/mol. The third-order valence-corrected chi connectivity index (χ3v) is 6.27. The molecule has 0 saturated carbocycles. The van der Waals surface area contributed by atoms with Crippen LogP contribution >= 0.6 is 23.4 Å². The van der Waals surface area contributed by atoms with Crippen LogP contribution in [0.4, 0.5) is 18.9 Å². The molecule has 1 aliphatic rings. The molecule has 3 aromatic rings. The van der Waals surface area contributed by atoms with E-state index in [0.717, 1.165) is 23.4 Å². The van der Waals surface area contributed by atoms with Crippen molar-refractivity contribution in [3.8, 4) is 11.5 Å². The number of carbonyl (C=O) groups is 1. The molecule has 5 nitrogen and oxygen atoms in total. The number of hydrogen-bond acceptors (Lipinski definition) is 5. The molecule has 36 heavy (non-hydrogen) atoms. The highest BCUT2D eigenvalue weighted by molar-refractivity contribution is 8.18. The molecule has 1 heterocycles. The number of nitrogens with zero attached hydrogens (tertiary/aromatic N) is 1. The van der Waals surface area contributed by atoms with E-state index in [4.69, 9.17) is 21.1 Å². The van der Waals surface area contributed by atoms with Crippen LogP contribution in [0.2, 0.25) is 5.02 Å². The van der Waals surface area contributed by atoms with Crippen molar-refractivity contribution in [1.29, 1.82) is 0 Å². The molecule has 0 aliphatic carbocycles. The van der Waals surface area contributed by atoms with Gasteiger partial charge in [-0.2, -0.15) is 13.2 Å². The molecule has 186 valence electrons. The predicted molar refractivity (Wildman–Crippen MR) is 136 cm³/mol. The highest BCUT2D eigenvalue weighted by atomic mass is 35.5. The number of carbonyl (C=O) groups excluding carboxylic acids is 1. The molecule has 4 rings (SSSR count). The van der Waals surface area contributed by atoms with E-state index < -0.39 is 17.6 Å². The normalized spacial score (nSPS) is 15.9. The fraction of sp³-hybridized carbons (Fsp3) is 0.154. The van der Waals surface area contributed by atoms with E-state index in [1.807, 2.05) is 25.1 Å². The van der Waals surface area contributed by atoms with E-state index in [1.54, 1.807) is 30.3 Å². The van der Waals surface area contributed by atoms with Crippen molar-refractivity contribution in [3.05, 3.63) is 93.3 Å².